The van der Waals surface area contributed by atoms with Crippen molar-refractivity contribution in [2.24, 2.45) is 5.92 Å². The molecule has 1 aromatic rings. The molecular weight excluding hydrogens is 228 g/mol. The fraction of sp³-hybridized carbons (Fsp3) is 0.429. The highest BCUT2D eigenvalue weighted by atomic mass is 16.2. The first kappa shape index (κ1) is 12.6. The van der Waals surface area contributed by atoms with Crippen molar-refractivity contribution in [1.29, 1.82) is 0 Å². The molecule has 0 aromatic heterocycles. The summed E-state index contributed by atoms with van der Waals surface area (Å²) in [6.07, 6.45) is 1.43. The van der Waals surface area contributed by atoms with E-state index in [2.05, 4.69) is 10.6 Å². The molecule has 96 valence electrons. The first-order valence-electron chi connectivity index (χ1n) is 6.27. The minimum Gasteiger partial charge on any atom is -0.344 e. The number of amides is 2. The van der Waals surface area contributed by atoms with Gasteiger partial charge in [-0.05, 0) is 24.5 Å². The van der Waals surface area contributed by atoms with Crippen molar-refractivity contribution >= 4 is 17.5 Å². The summed E-state index contributed by atoms with van der Waals surface area (Å²) in [6, 6.07) is 7.30. The molecule has 4 heteroatoms. The Labute approximate surface area is 107 Å². The van der Waals surface area contributed by atoms with Crippen LogP contribution in [-0.2, 0) is 16.0 Å². The quantitative estimate of drug-likeness (QED) is 0.834. The Balaban J connectivity index is 2.10. The molecular formula is C14H18N2O2. The second-order valence-corrected chi connectivity index (χ2v) is 4.90. The van der Waals surface area contributed by atoms with E-state index in [1.54, 1.807) is 0 Å². The Kier molecular flexibility index (Phi) is 3.65. The van der Waals surface area contributed by atoms with E-state index < -0.39 is 6.04 Å². The molecule has 0 radical (unpaired) electrons. The van der Waals surface area contributed by atoms with Gasteiger partial charge in [0.1, 0.15) is 6.04 Å². The number of carbonyl (C=O) groups excluding carboxylic acids is 2. The Hall–Kier alpha value is -1.84. The lowest BCUT2D eigenvalue weighted by molar-refractivity contribution is -0.128. The smallest absolute Gasteiger partial charge is 0.246 e. The summed E-state index contributed by atoms with van der Waals surface area (Å²) in [5.74, 6) is -0.321. The molecule has 1 atom stereocenters. The van der Waals surface area contributed by atoms with Crippen molar-refractivity contribution in [1.82, 2.24) is 5.32 Å². The van der Waals surface area contributed by atoms with Gasteiger partial charge in [-0.2, -0.15) is 0 Å². The fourth-order valence-electron chi connectivity index (χ4n) is 1.99. The maximum atomic E-state index is 12.0. The molecule has 1 aliphatic heterocycles. The Morgan fingerprint density at radius 2 is 2.11 bits per heavy atom. The Morgan fingerprint density at radius 3 is 2.83 bits per heavy atom. The highest BCUT2D eigenvalue weighted by Gasteiger charge is 2.25. The molecule has 1 aliphatic rings. The molecule has 0 spiro atoms. The average molecular weight is 246 g/mol. The number of hydrogen-bond acceptors (Lipinski definition) is 2. The number of carbonyl (C=O) groups is 2. The van der Waals surface area contributed by atoms with Crippen LogP contribution in [0.3, 0.4) is 0 Å². The SMILES string of the molecule is CC(C)C(=O)NC1CCc2ccccc2NC1=O. The zero-order valence-electron chi connectivity index (χ0n) is 10.7. The van der Waals surface area contributed by atoms with Crippen molar-refractivity contribution in [3.05, 3.63) is 29.8 Å². The van der Waals surface area contributed by atoms with E-state index in [1.165, 1.54) is 0 Å². The number of rotatable bonds is 2. The Bertz CT molecular complexity index is 469. The predicted molar refractivity (Wildman–Crippen MR) is 70.2 cm³/mol. The summed E-state index contributed by atoms with van der Waals surface area (Å²) >= 11 is 0. The van der Waals surface area contributed by atoms with Crippen LogP contribution in [0.4, 0.5) is 5.69 Å². The van der Waals surface area contributed by atoms with Crippen LogP contribution < -0.4 is 10.6 Å². The number of para-hydroxylation sites is 1. The minimum absolute atomic E-state index is 0.0823. The van der Waals surface area contributed by atoms with E-state index in [4.69, 9.17) is 0 Å². The number of nitrogens with one attached hydrogen (secondary N) is 2. The normalized spacial score (nSPS) is 18.8. The van der Waals surface area contributed by atoms with Crippen LogP contribution in [0.15, 0.2) is 24.3 Å². The lowest BCUT2D eigenvalue weighted by Crippen LogP contribution is -2.44. The topological polar surface area (TPSA) is 58.2 Å². The van der Waals surface area contributed by atoms with Crippen LogP contribution in [0, 0.1) is 5.92 Å². The first-order chi connectivity index (χ1) is 8.58. The largest absolute Gasteiger partial charge is 0.344 e. The van der Waals surface area contributed by atoms with Gasteiger partial charge in [0.15, 0.2) is 0 Å². The van der Waals surface area contributed by atoms with Crippen LogP contribution in [-0.4, -0.2) is 17.9 Å². The molecule has 2 N–H and O–H groups in total. The molecule has 2 amide bonds. The van der Waals surface area contributed by atoms with Crippen molar-refractivity contribution < 1.29 is 9.59 Å². The van der Waals surface area contributed by atoms with E-state index in [1.807, 2.05) is 38.1 Å². The monoisotopic (exact) mass is 246 g/mol. The molecule has 2 rings (SSSR count). The van der Waals surface area contributed by atoms with Gasteiger partial charge >= 0.3 is 0 Å². The molecule has 18 heavy (non-hydrogen) atoms. The highest BCUT2D eigenvalue weighted by molar-refractivity contribution is 5.98. The standard InChI is InChI=1S/C14H18N2O2/c1-9(2)13(17)16-12-8-7-10-5-3-4-6-11(10)15-14(12)18/h3-6,9,12H,7-8H2,1-2H3,(H,15,18)(H,16,17). The number of hydrogen-bond donors (Lipinski definition) is 2. The first-order valence-corrected chi connectivity index (χ1v) is 6.27. The summed E-state index contributed by atoms with van der Waals surface area (Å²) in [5.41, 5.74) is 1.97. The molecule has 1 heterocycles. The highest BCUT2D eigenvalue weighted by Crippen LogP contribution is 2.21. The Morgan fingerprint density at radius 1 is 1.39 bits per heavy atom. The van der Waals surface area contributed by atoms with Gasteiger partial charge in [0, 0.05) is 11.6 Å². The average Bonchev–Trinajstić information content (AvgIpc) is 2.49. The summed E-state index contributed by atoms with van der Waals surface area (Å²) < 4.78 is 0. The third-order valence-electron chi connectivity index (χ3n) is 3.13. The summed E-state index contributed by atoms with van der Waals surface area (Å²) in [4.78, 5) is 23.7. The number of aryl methyl sites for hydroxylation is 1. The fourth-order valence-corrected chi connectivity index (χ4v) is 1.99. The van der Waals surface area contributed by atoms with Crippen molar-refractivity contribution in [3.63, 3.8) is 0 Å². The zero-order valence-corrected chi connectivity index (χ0v) is 10.7. The summed E-state index contributed by atoms with van der Waals surface area (Å²) in [7, 11) is 0. The predicted octanol–water partition coefficient (Wildman–Crippen LogP) is 1.71. The molecule has 0 saturated heterocycles. The van der Waals surface area contributed by atoms with E-state index in [0.717, 1.165) is 17.7 Å². The molecule has 0 bridgehead atoms. The zero-order chi connectivity index (χ0) is 13.1. The van der Waals surface area contributed by atoms with Crippen LogP contribution in [0.1, 0.15) is 25.8 Å². The van der Waals surface area contributed by atoms with Crippen LogP contribution in [0.5, 0.6) is 0 Å². The number of benzene rings is 1. The molecule has 0 saturated carbocycles. The summed E-state index contributed by atoms with van der Waals surface area (Å²) in [5, 5.41) is 5.66. The number of fused-ring (bicyclic) bond motifs is 1. The van der Waals surface area contributed by atoms with Crippen LogP contribution in [0.25, 0.3) is 0 Å². The molecule has 1 unspecified atom stereocenters. The van der Waals surface area contributed by atoms with Gasteiger partial charge in [0.05, 0.1) is 0 Å². The van der Waals surface area contributed by atoms with Gasteiger partial charge in [-0.25, -0.2) is 0 Å². The molecule has 0 fully saturated rings. The maximum Gasteiger partial charge on any atom is 0.246 e. The van der Waals surface area contributed by atoms with Crippen molar-refractivity contribution in [2.45, 2.75) is 32.7 Å². The third kappa shape index (κ3) is 2.70. The van der Waals surface area contributed by atoms with Crippen LogP contribution >= 0.6 is 0 Å². The molecule has 0 aliphatic carbocycles. The molecule has 1 aromatic carbocycles. The van der Waals surface area contributed by atoms with E-state index in [-0.39, 0.29) is 17.7 Å². The summed E-state index contributed by atoms with van der Waals surface area (Å²) in [6.45, 7) is 3.64. The molecule has 4 nitrogen and oxygen atoms in total. The van der Waals surface area contributed by atoms with E-state index in [9.17, 15) is 9.59 Å². The van der Waals surface area contributed by atoms with Gasteiger partial charge < -0.3 is 10.6 Å². The van der Waals surface area contributed by atoms with Crippen LogP contribution in [0.2, 0.25) is 0 Å². The van der Waals surface area contributed by atoms with Crippen molar-refractivity contribution in [3.8, 4) is 0 Å². The van der Waals surface area contributed by atoms with Gasteiger partial charge in [0.2, 0.25) is 11.8 Å². The van der Waals surface area contributed by atoms with Gasteiger partial charge in [-0.3, -0.25) is 9.59 Å². The number of anilines is 1. The second-order valence-electron chi connectivity index (χ2n) is 4.90. The van der Waals surface area contributed by atoms with Gasteiger partial charge in [0.25, 0.3) is 0 Å². The third-order valence-corrected chi connectivity index (χ3v) is 3.13. The van der Waals surface area contributed by atoms with E-state index in [0.29, 0.717) is 6.42 Å². The lowest BCUT2D eigenvalue weighted by Gasteiger charge is -2.16. The second kappa shape index (κ2) is 5.21. The maximum absolute atomic E-state index is 12.0. The lowest BCUT2D eigenvalue weighted by atomic mass is 10.1. The minimum atomic E-state index is -0.438. The van der Waals surface area contributed by atoms with Crippen molar-refractivity contribution in [2.75, 3.05) is 5.32 Å². The van der Waals surface area contributed by atoms with E-state index >= 15 is 0 Å². The van der Waals surface area contributed by atoms with Gasteiger partial charge in [-0.1, -0.05) is 32.0 Å². The van der Waals surface area contributed by atoms with Gasteiger partial charge in [-0.15, -0.1) is 0 Å².